The molecule has 1 saturated carbocycles. The summed E-state index contributed by atoms with van der Waals surface area (Å²) in [6.45, 7) is 0. The molecule has 0 spiro atoms. The van der Waals surface area contributed by atoms with Crippen LogP contribution in [-0.4, -0.2) is 20.2 Å². The van der Waals surface area contributed by atoms with Gasteiger partial charge in [0.25, 0.3) is 0 Å². The first kappa shape index (κ1) is 11.9. The third-order valence-corrected chi connectivity index (χ3v) is 4.57. The molecular weight excluding hydrogens is 268 g/mol. The van der Waals surface area contributed by atoms with Gasteiger partial charge in [0.2, 0.25) is 5.16 Å². The van der Waals surface area contributed by atoms with Gasteiger partial charge in [-0.1, -0.05) is 54.2 Å². The normalized spacial score (nSPS) is 14.8. The summed E-state index contributed by atoms with van der Waals surface area (Å²) in [5, 5.41) is 15.6. The van der Waals surface area contributed by atoms with Crippen LogP contribution in [0, 0.1) is 0 Å². The Balaban J connectivity index is 1.60. The Morgan fingerprint density at radius 1 is 1.10 bits per heavy atom. The minimum atomic E-state index is 0.528. The molecular formula is C15H14N4S. The van der Waals surface area contributed by atoms with Gasteiger partial charge in [-0.2, -0.15) is 0 Å². The molecule has 4 nitrogen and oxygen atoms in total. The van der Waals surface area contributed by atoms with Crippen molar-refractivity contribution < 1.29 is 0 Å². The van der Waals surface area contributed by atoms with Crippen molar-refractivity contribution in [1.82, 2.24) is 20.2 Å². The first-order chi connectivity index (χ1) is 9.92. The smallest absolute Gasteiger partial charge is 0.209 e. The molecule has 1 aromatic heterocycles. The highest BCUT2D eigenvalue weighted by molar-refractivity contribution is 7.98. The van der Waals surface area contributed by atoms with Crippen molar-refractivity contribution in [2.24, 2.45) is 0 Å². The van der Waals surface area contributed by atoms with Gasteiger partial charge in [-0.05, 0) is 39.6 Å². The van der Waals surface area contributed by atoms with Crippen LogP contribution in [0.1, 0.15) is 24.4 Å². The van der Waals surface area contributed by atoms with Crippen LogP contribution in [0.25, 0.3) is 10.8 Å². The van der Waals surface area contributed by atoms with Crippen LogP contribution in [0.3, 0.4) is 0 Å². The molecule has 0 bridgehead atoms. The van der Waals surface area contributed by atoms with Crippen molar-refractivity contribution in [2.45, 2.75) is 29.8 Å². The van der Waals surface area contributed by atoms with E-state index in [0.29, 0.717) is 6.04 Å². The number of hydrogen-bond donors (Lipinski definition) is 0. The molecule has 2 aromatic carbocycles. The van der Waals surface area contributed by atoms with Crippen LogP contribution in [0.5, 0.6) is 0 Å². The van der Waals surface area contributed by atoms with Crippen molar-refractivity contribution in [3.05, 3.63) is 48.0 Å². The summed E-state index contributed by atoms with van der Waals surface area (Å²) in [7, 11) is 0. The highest BCUT2D eigenvalue weighted by Gasteiger charge is 2.27. The molecule has 0 unspecified atom stereocenters. The Bertz CT molecular complexity index is 743. The molecule has 20 heavy (non-hydrogen) atoms. The van der Waals surface area contributed by atoms with Crippen LogP contribution in [-0.2, 0) is 5.75 Å². The number of nitrogens with zero attached hydrogens (tertiary/aromatic N) is 4. The standard InChI is InChI=1S/C15H14N4S/c1-2-7-14-11(4-1)5-3-6-12(14)10-20-15-16-17-18-19(15)13-8-9-13/h1-7,13H,8-10H2. The van der Waals surface area contributed by atoms with Crippen LogP contribution in [0.15, 0.2) is 47.6 Å². The molecule has 4 rings (SSSR count). The van der Waals surface area contributed by atoms with Gasteiger partial charge in [-0.25, -0.2) is 4.68 Å². The maximum Gasteiger partial charge on any atom is 0.209 e. The summed E-state index contributed by atoms with van der Waals surface area (Å²) in [5.74, 6) is 0.897. The zero-order chi connectivity index (χ0) is 13.4. The maximum atomic E-state index is 4.14. The fraction of sp³-hybridized carbons (Fsp3) is 0.267. The van der Waals surface area contributed by atoms with Crippen molar-refractivity contribution >= 4 is 22.5 Å². The van der Waals surface area contributed by atoms with Gasteiger partial charge in [0, 0.05) is 5.75 Å². The third kappa shape index (κ3) is 2.18. The maximum absolute atomic E-state index is 4.14. The van der Waals surface area contributed by atoms with Gasteiger partial charge in [0.1, 0.15) is 0 Å². The minimum Gasteiger partial charge on any atom is -0.217 e. The Hall–Kier alpha value is -1.88. The topological polar surface area (TPSA) is 43.6 Å². The number of thioether (sulfide) groups is 1. The molecule has 1 aliphatic carbocycles. The zero-order valence-electron chi connectivity index (χ0n) is 10.9. The molecule has 0 N–H and O–H groups in total. The van der Waals surface area contributed by atoms with E-state index in [1.807, 2.05) is 4.68 Å². The lowest BCUT2D eigenvalue weighted by molar-refractivity contribution is 0.565. The van der Waals surface area contributed by atoms with Crippen molar-refractivity contribution in [3.63, 3.8) is 0 Å². The third-order valence-electron chi connectivity index (χ3n) is 3.59. The second-order valence-electron chi connectivity index (χ2n) is 5.06. The van der Waals surface area contributed by atoms with E-state index < -0.39 is 0 Å². The highest BCUT2D eigenvalue weighted by atomic mass is 32.2. The predicted octanol–water partition coefficient (Wildman–Crippen LogP) is 3.45. The van der Waals surface area contributed by atoms with Gasteiger partial charge in [0.15, 0.2) is 0 Å². The highest BCUT2D eigenvalue weighted by Crippen LogP contribution is 2.37. The van der Waals surface area contributed by atoms with E-state index in [2.05, 4.69) is 58.0 Å². The number of fused-ring (bicyclic) bond motifs is 1. The van der Waals surface area contributed by atoms with Crippen molar-refractivity contribution in [1.29, 1.82) is 0 Å². The second-order valence-corrected chi connectivity index (χ2v) is 6.01. The van der Waals surface area contributed by atoms with E-state index >= 15 is 0 Å². The van der Waals surface area contributed by atoms with E-state index in [1.54, 1.807) is 11.8 Å². The largest absolute Gasteiger partial charge is 0.217 e. The summed E-state index contributed by atoms with van der Waals surface area (Å²) >= 11 is 1.72. The Morgan fingerprint density at radius 3 is 2.85 bits per heavy atom. The summed E-state index contributed by atoms with van der Waals surface area (Å²) in [6.07, 6.45) is 2.40. The summed E-state index contributed by atoms with van der Waals surface area (Å²) < 4.78 is 1.97. The van der Waals surface area contributed by atoms with E-state index in [0.717, 1.165) is 10.9 Å². The fourth-order valence-electron chi connectivity index (χ4n) is 2.39. The first-order valence-electron chi connectivity index (χ1n) is 6.79. The number of rotatable bonds is 4. The van der Waals surface area contributed by atoms with E-state index in [4.69, 9.17) is 0 Å². The Morgan fingerprint density at radius 2 is 1.95 bits per heavy atom. The molecule has 1 fully saturated rings. The molecule has 0 radical (unpaired) electrons. The Kier molecular flexibility index (Phi) is 2.92. The summed E-state index contributed by atoms with van der Waals surface area (Å²) in [6, 6.07) is 15.5. The fourth-order valence-corrected chi connectivity index (χ4v) is 3.34. The van der Waals surface area contributed by atoms with Crippen LogP contribution < -0.4 is 0 Å². The lowest BCUT2D eigenvalue weighted by Crippen LogP contribution is -1.98. The van der Waals surface area contributed by atoms with Crippen molar-refractivity contribution in [2.75, 3.05) is 0 Å². The number of benzene rings is 2. The van der Waals surface area contributed by atoms with E-state index in [9.17, 15) is 0 Å². The average molecular weight is 282 g/mol. The van der Waals surface area contributed by atoms with Gasteiger partial charge in [-0.15, -0.1) is 5.10 Å². The molecule has 0 amide bonds. The summed E-state index contributed by atoms with van der Waals surface area (Å²) in [4.78, 5) is 0. The predicted molar refractivity (Wildman–Crippen MR) is 79.6 cm³/mol. The molecule has 3 aromatic rings. The number of aromatic nitrogens is 4. The molecule has 5 heteroatoms. The average Bonchev–Trinajstić information content (AvgIpc) is 3.24. The molecule has 0 saturated heterocycles. The molecule has 1 heterocycles. The van der Waals surface area contributed by atoms with Gasteiger partial charge in [0.05, 0.1) is 6.04 Å². The monoisotopic (exact) mass is 282 g/mol. The molecule has 0 atom stereocenters. The lowest BCUT2D eigenvalue weighted by atomic mass is 10.1. The quantitative estimate of drug-likeness (QED) is 0.687. The SMILES string of the molecule is c1ccc2c(CSc3nnnn3C3CC3)cccc2c1. The van der Waals surface area contributed by atoms with E-state index in [-0.39, 0.29) is 0 Å². The lowest BCUT2D eigenvalue weighted by Gasteiger charge is -2.06. The van der Waals surface area contributed by atoms with Crippen LogP contribution in [0.2, 0.25) is 0 Å². The second kappa shape index (κ2) is 4.90. The molecule has 100 valence electrons. The molecule has 0 aliphatic heterocycles. The van der Waals surface area contributed by atoms with Crippen molar-refractivity contribution in [3.8, 4) is 0 Å². The van der Waals surface area contributed by atoms with Crippen LogP contribution in [0.4, 0.5) is 0 Å². The van der Waals surface area contributed by atoms with E-state index in [1.165, 1.54) is 29.2 Å². The van der Waals surface area contributed by atoms with Gasteiger partial charge in [-0.3, -0.25) is 0 Å². The zero-order valence-corrected chi connectivity index (χ0v) is 11.8. The summed E-state index contributed by atoms with van der Waals surface area (Å²) in [5.41, 5.74) is 1.33. The number of tetrazole rings is 1. The number of hydrogen-bond acceptors (Lipinski definition) is 4. The van der Waals surface area contributed by atoms with Gasteiger partial charge < -0.3 is 0 Å². The van der Waals surface area contributed by atoms with Gasteiger partial charge >= 0.3 is 0 Å². The van der Waals surface area contributed by atoms with Crippen LogP contribution >= 0.6 is 11.8 Å². The Labute approximate surface area is 121 Å². The first-order valence-corrected chi connectivity index (χ1v) is 7.78. The minimum absolute atomic E-state index is 0.528. The molecule has 1 aliphatic rings.